The minimum atomic E-state index is 0.654. The number of aromatic nitrogens is 1. The normalized spacial score (nSPS) is 15.0. The topological polar surface area (TPSA) is 38.9 Å². The van der Waals surface area contributed by atoms with Crippen molar-refractivity contribution in [1.29, 1.82) is 0 Å². The van der Waals surface area contributed by atoms with Crippen LogP contribution in [-0.2, 0) is 6.42 Å². The molecule has 1 fully saturated rings. The second kappa shape index (κ2) is 4.56. The number of nitrogen functional groups attached to an aromatic ring is 1. The molecule has 1 saturated carbocycles. The highest BCUT2D eigenvalue weighted by atomic mass is 35.5. The molecular formula is C14H15ClN2S. The van der Waals surface area contributed by atoms with E-state index in [0.29, 0.717) is 11.0 Å². The van der Waals surface area contributed by atoms with Gasteiger partial charge in [-0.25, -0.2) is 4.98 Å². The van der Waals surface area contributed by atoms with Gasteiger partial charge in [-0.1, -0.05) is 17.7 Å². The summed E-state index contributed by atoms with van der Waals surface area (Å²) in [5.74, 6) is 0.654. The maximum Gasteiger partial charge on any atom is 0.180 e. The third kappa shape index (κ3) is 2.38. The third-order valence-corrected chi connectivity index (χ3v) is 4.50. The number of hydrogen-bond donors (Lipinski definition) is 1. The molecule has 94 valence electrons. The molecule has 1 aliphatic rings. The maximum atomic E-state index is 5.99. The lowest BCUT2D eigenvalue weighted by atomic mass is 10.0. The van der Waals surface area contributed by atoms with Crippen LogP contribution in [0.15, 0.2) is 18.2 Å². The monoisotopic (exact) mass is 278 g/mol. The minimum Gasteiger partial charge on any atom is -0.375 e. The average molecular weight is 279 g/mol. The molecule has 0 amide bonds. The molecule has 2 aromatic rings. The molecule has 18 heavy (non-hydrogen) atoms. The molecule has 0 unspecified atom stereocenters. The lowest BCUT2D eigenvalue weighted by Crippen LogP contribution is -1.93. The smallest absolute Gasteiger partial charge is 0.180 e. The van der Waals surface area contributed by atoms with Crippen LogP contribution in [0.3, 0.4) is 0 Å². The van der Waals surface area contributed by atoms with Crippen molar-refractivity contribution in [2.24, 2.45) is 0 Å². The molecular weight excluding hydrogens is 264 g/mol. The van der Waals surface area contributed by atoms with Gasteiger partial charge < -0.3 is 5.73 Å². The fraction of sp³-hybridized carbons (Fsp3) is 0.357. The van der Waals surface area contributed by atoms with E-state index in [1.807, 2.05) is 12.1 Å². The van der Waals surface area contributed by atoms with E-state index in [2.05, 4.69) is 18.0 Å². The van der Waals surface area contributed by atoms with Gasteiger partial charge in [-0.3, -0.25) is 0 Å². The van der Waals surface area contributed by atoms with Crippen molar-refractivity contribution in [3.63, 3.8) is 0 Å². The van der Waals surface area contributed by atoms with Crippen LogP contribution < -0.4 is 5.73 Å². The summed E-state index contributed by atoms with van der Waals surface area (Å²) >= 11 is 7.61. The summed E-state index contributed by atoms with van der Waals surface area (Å²) in [6.45, 7) is 2.10. The van der Waals surface area contributed by atoms with E-state index in [1.54, 1.807) is 11.3 Å². The van der Waals surface area contributed by atoms with Crippen molar-refractivity contribution in [3.05, 3.63) is 44.9 Å². The number of thiazole rings is 1. The molecule has 0 aliphatic heterocycles. The Labute approximate surface area is 116 Å². The second-order valence-electron chi connectivity index (χ2n) is 4.88. The van der Waals surface area contributed by atoms with E-state index < -0.39 is 0 Å². The Morgan fingerprint density at radius 3 is 2.89 bits per heavy atom. The van der Waals surface area contributed by atoms with Crippen LogP contribution in [0.25, 0.3) is 0 Å². The summed E-state index contributed by atoms with van der Waals surface area (Å²) < 4.78 is 0. The third-order valence-electron chi connectivity index (χ3n) is 3.36. The van der Waals surface area contributed by atoms with Crippen molar-refractivity contribution < 1.29 is 0 Å². The molecule has 4 heteroatoms. The van der Waals surface area contributed by atoms with E-state index in [9.17, 15) is 0 Å². The van der Waals surface area contributed by atoms with Crippen LogP contribution >= 0.6 is 22.9 Å². The molecule has 3 rings (SSSR count). The fourth-order valence-electron chi connectivity index (χ4n) is 2.22. The van der Waals surface area contributed by atoms with Crippen LogP contribution in [0.5, 0.6) is 0 Å². The molecule has 0 bridgehead atoms. The summed E-state index contributed by atoms with van der Waals surface area (Å²) in [7, 11) is 0. The van der Waals surface area contributed by atoms with E-state index in [-0.39, 0.29) is 0 Å². The number of hydrogen-bond acceptors (Lipinski definition) is 3. The van der Waals surface area contributed by atoms with Crippen molar-refractivity contribution in [3.8, 4) is 0 Å². The summed E-state index contributed by atoms with van der Waals surface area (Å²) in [4.78, 5) is 5.81. The zero-order chi connectivity index (χ0) is 12.7. The van der Waals surface area contributed by atoms with Crippen LogP contribution in [0, 0.1) is 6.92 Å². The average Bonchev–Trinajstić information content (AvgIpc) is 3.08. The standard InChI is InChI=1S/C14H15ClN2S/c1-8-6-11(15)5-4-10(8)7-12-13(9-2-3-9)17-14(16)18-12/h4-6,9H,2-3,7H2,1H3,(H2,16,17). The zero-order valence-corrected chi connectivity index (χ0v) is 11.8. The Hall–Kier alpha value is -1.06. The van der Waals surface area contributed by atoms with E-state index in [1.165, 1.54) is 34.5 Å². The minimum absolute atomic E-state index is 0.654. The Kier molecular flexibility index (Phi) is 3.04. The Balaban J connectivity index is 1.91. The summed E-state index contributed by atoms with van der Waals surface area (Å²) in [6.07, 6.45) is 3.44. The Bertz CT molecular complexity index is 587. The van der Waals surface area contributed by atoms with Crippen molar-refractivity contribution >= 4 is 28.1 Å². The van der Waals surface area contributed by atoms with Gasteiger partial charge in [-0.2, -0.15) is 0 Å². The van der Waals surface area contributed by atoms with Crippen LogP contribution in [0.2, 0.25) is 5.02 Å². The first-order valence-electron chi connectivity index (χ1n) is 6.13. The van der Waals surface area contributed by atoms with E-state index in [4.69, 9.17) is 17.3 Å². The van der Waals surface area contributed by atoms with Crippen molar-refractivity contribution in [2.45, 2.75) is 32.1 Å². The summed E-state index contributed by atoms with van der Waals surface area (Å²) in [5, 5.41) is 1.49. The van der Waals surface area contributed by atoms with Gasteiger partial charge in [0.2, 0.25) is 0 Å². The second-order valence-corrected chi connectivity index (χ2v) is 6.43. The van der Waals surface area contributed by atoms with Gasteiger partial charge in [0.25, 0.3) is 0 Å². The molecule has 2 nitrogen and oxygen atoms in total. The predicted molar refractivity (Wildman–Crippen MR) is 77.5 cm³/mol. The van der Waals surface area contributed by atoms with Crippen molar-refractivity contribution in [2.75, 3.05) is 5.73 Å². The van der Waals surface area contributed by atoms with Gasteiger partial charge in [0.1, 0.15) is 0 Å². The SMILES string of the molecule is Cc1cc(Cl)ccc1Cc1sc(N)nc1C1CC1. The molecule has 2 N–H and O–H groups in total. The number of halogens is 1. The molecule has 0 radical (unpaired) electrons. The lowest BCUT2D eigenvalue weighted by molar-refractivity contribution is 1.01. The van der Waals surface area contributed by atoms with Gasteiger partial charge in [-0.15, -0.1) is 11.3 Å². The largest absolute Gasteiger partial charge is 0.375 e. The summed E-state index contributed by atoms with van der Waals surface area (Å²) in [6, 6.07) is 6.06. The number of rotatable bonds is 3. The molecule has 1 aliphatic carbocycles. The molecule has 1 aromatic heterocycles. The molecule has 1 aromatic carbocycles. The van der Waals surface area contributed by atoms with Gasteiger partial charge in [-0.05, 0) is 43.0 Å². The van der Waals surface area contributed by atoms with E-state index >= 15 is 0 Å². The highest BCUT2D eigenvalue weighted by molar-refractivity contribution is 7.15. The highest BCUT2D eigenvalue weighted by Gasteiger charge is 2.29. The Morgan fingerprint density at radius 1 is 1.44 bits per heavy atom. The number of benzene rings is 1. The van der Waals surface area contributed by atoms with Crippen molar-refractivity contribution in [1.82, 2.24) is 4.98 Å². The first kappa shape index (κ1) is 12.0. The van der Waals surface area contributed by atoms with Gasteiger partial charge >= 0.3 is 0 Å². The lowest BCUT2D eigenvalue weighted by Gasteiger charge is -2.06. The number of aryl methyl sites for hydroxylation is 1. The maximum absolute atomic E-state index is 5.99. The van der Waals surface area contributed by atoms with Gasteiger partial charge in [0.15, 0.2) is 5.13 Å². The number of nitrogens with two attached hydrogens (primary N) is 1. The van der Waals surface area contributed by atoms with Gasteiger partial charge in [0.05, 0.1) is 5.69 Å². The number of nitrogens with zero attached hydrogens (tertiary/aromatic N) is 1. The van der Waals surface area contributed by atoms with Crippen LogP contribution in [0.1, 0.15) is 40.5 Å². The van der Waals surface area contributed by atoms with E-state index in [0.717, 1.165) is 11.4 Å². The zero-order valence-electron chi connectivity index (χ0n) is 10.2. The first-order valence-corrected chi connectivity index (χ1v) is 7.33. The highest BCUT2D eigenvalue weighted by Crippen LogP contribution is 2.43. The number of anilines is 1. The van der Waals surface area contributed by atoms with Crippen LogP contribution in [-0.4, -0.2) is 4.98 Å². The molecule has 1 heterocycles. The summed E-state index contributed by atoms with van der Waals surface area (Å²) in [5.41, 5.74) is 9.62. The molecule has 0 saturated heterocycles. The van der Waals surface area contributed by atoms with Gasteiger partial charge in [0, 0.05) is 22.2 Å². The van der Waals surface area contributed by atoms with Crippen LogP contribution in [0.4, 0.5) is 5.13 Å². The molecule has 0 atom stereocenters. The fourth-order valence-corrected chi connectivity index (χ4v) is 3.38. The predicted octanol–water partition coefficient (Wildman–Crippen LogP) is 4.16. The quantitative estimate of drug-likeness (QED) is 0.916. The first-order chi connectivity index (χ1) is 8.63. The molecule has 0 spiro atoms. The Morgan fingerprint density at radius 2 is 2.22 bits per heavy atom.